The Morgan fingerprint density at radius 1 is 1.32 bits per heavy atom. The predicted octanol–water partition coefficient (Wildman–Crippen LogP) is 5.21. The maximum Gasteiger partial charge on any atom is 0.124 e. The summed E-state index contributed by atoms with van der Waals surface area (Å²) in [6.45, 7) is 3.19. The molecule has 0 spiro atoms. The second-order valence-electron chi connectivity index (χ2n) is 5.63. The van der Waals surface area contributed by atoms with Crippen molar-refractivity contribution < 1.29 is 4.39 Å². The third-order valence-electron chi connectivity index (χ3n) is 4.16. The van der Waals surface area contributed by atoms with Crippen molar-refractivity contribution in [2.24, 2.45) is 5.92 Å². The topological polar surface area (TPSA) is 12.0 Å². The molecule has 19 heavy (non-hydrogen) atoms. The van der Waals surface area contributed by atoms with E-state index in [-0.39, 0.29) is 11.9 Å². The highest BCUT2D eigenvalue weighted by Gasteiger charge is 2.14. The van der Waals surface area contributed by atoms with Crippen LogP contribution >= 0.6 is 15.9 Å². The minimum absolute atomic E-state index is 0.190. The average molecular weight is 328 g/mol. The summed E-state index contributed by atoms with van der Waals surface area (Å²) in [5.74, 6) is 0.718. The molecule has 106 valence electrons. The van der Waals surface area contributed by atoms with Gasteiger partial charge in [0.05, 0.1) is 0 Å². The molecule has 1 aliphatic rings. The molecule has 1 aliphatic carbocycles. The van der Waals surface area contributed by atoms with Crippen LogP contribution in [0.25, 0.3) is 0 Å². The van der Waals surface area contributed by atoms with Gasteiger partial charge in [-0.3, -0.25) is 0 Å². The molecule has 1 aromatic carbocycles. The van der Waals surface area contributed by atoms with Gasteiger partial charge < -0.3 is 5.32 Å². The molecule has 0 aliphatic heterocycles. The average Bonchev–Trinajstić information content (AvgIpc) is 2.39. The van der Waals surface area contributed by atoms with Crippen molar-refractivity contribution in [1.82, 2.24) is 5.32 Å². The van der Waals surface area contributed by atoms with Gasteiger partial charge in [-0.2, -0.15) is 0 Å². The summed E-state index contributed by atoms with van der Waals surface area (Å²) in [6, 6.07) is 5.18. The van der Waals surface area contributed by atoms with Crippen molar-refractivity contribution in [3.05, 3.63) is 34.1 Å². The van der Waals surface area contributed by atoms with Crippen LogP contribution < -0.4 is 5.32 Å². The summed E-state index contributed by atoms with van der Waals surface area (Å²) < 4.78 is 13.9. The van der Waals surface area contributed by atoms with Crippen LogP contribution in [0, 0.1) is 11.7 Å². The molecule has 0 saturated heterocycles. The highest BCUT2D eigenvalue weighted by Crippen LogP contribution is 2.27. The number of rotatable bonds is 5. The molecule has 2 rings (SSSR count). The standard InChI is InChI=1S/C16H23BrFN/c1-12(15-8-7-14(18)11-16(15)17)19-10-9-13-5-3-2-4-6-13/h7-8,11-13,19H,2-6,9-10H2,1H3. The van der Waals surface area contributed by atoms with Gasteiger partial charge in [-0.1, -0.05) is 54.1 Å². The van der Waals surface area contributed by atoms with Crippen LogP contribution in [-0.2, 0) is 0 Å². The lowest BCUT2D eigenvalue weighted by atomic mass is 9.87. The molecule has 0 amide bonds. The largest absolute Gasteiger partial charge is 0.310 e. The van der Waals surface area contributed by atoms with Crippen LogP contribution in [0.1, 0.15) is 57.1 Å². The first-order chi connectivity index (χ1) is 9.16. The molecule has 1 fully saturated rings. The molecule has 1 N–H and O–H groups in total. The summed E-state index contributed by atoms with van der Waals surface area (Å²) in [5, 5.41) is 3.55. The molecule has 0 heterocycles. The normalized spacial score (nSPS) is 18.5. The zero-order valence-electron chi connectivity index (χ0n) is 11.6. The molecule has 1 unspecified atom stereocenters. The van der Waals surface area contributed by atoms with Crippen molar-refractivity contribution in [3.63, 3.8) is 0 Å². The fourth-order valence-corrected chi connectivity index (χ4v) is 3.64. The van der Waals surface area contributed by atoms with Gasteiger partial charge in [-0.05, 0) is 43.5 Å². The Labute approximate surface area is 124 Å². The second-order valence-corrected chi connectivity index (χ2v) is 6.49. The molecule has 0 bridgehead atoms. The smallest absolute Gasteiger partial charge is 0.124 e. The maximum atomic E-state index is 13.1. The molecular weight excluding hydrogens is 305 g/mol. The van der Waals surface area contributed by atoms with Crippen molar-refractivity contribution in [3.8, 4) is 0 Å². The van der Waals surface area contributed by atoms with Crippen LogP contribution in [0.4, 0.5) is 4.39 Å². The summed E-state index contributed by atoms with van der Waals surface area (Å²) in [5.41, 5.74) is 1.13. The van der Waals surface area contributed by atoms with Gasteiger partial charge in [0.15, 0.2) is 0 Å². The van der Waals surface area contributed by atoms with E-state index in [0.29, 0.717) is 0 Å². The number of hydrogen-bond acceptors (Lipinski definition) is 1. The Morgan fingerprint density at radius 3 is 2.74 bits per heavy atom. The van der Waals surface area contributed by atoms with Crippen LogP contribution in [0.5, 0.6) is 0 Å². The zero-order valence-corrected chi connectivity index (χ0v) is 13.2. The number of nitrogens with one attached hydrogen (secondary N) is 1. The number of benzene rings is 1. The lowest BCUT2D eigenvalue weighted by molar-refractivity contribution is 0.329. The Kier molecular flexibility index (Phi) is 5.83. The molecule has 0 aromatic heterocycles. The Balaban J connectivity index is 1.78. The first kappa shape index (κ1) is 15.0. The Bertz CT molecular complexity index is 402. The minimum Gasteiger partial charge on any atom is -0.310 e. The van der Waals surface area contributed by atoms with E-state index in [2.05, 4.69) is 28.2 Å². The van der Waals surface area contributed by atoms with Gasteiger partial charge in [-0.15, -0.1) is 0 Å². The van der Waals surface area contributed by atoms with Crippen molar-refractivity contribution in [2.75, 3.05) is 6.54 Å². The third-order valence-corrected chi connectivity index (χ3v) is 4.84. The summed E-state index contributed by atoms with van der Waals surface area (Å²) in [4.78, 5) is 0. The van der Waals surface area contributed by atoms with E-state index in [1.54, 1.807) is 0 Å². The first-order valence-electron chi connectivity index (χ1n) is 7.35. The summed E-state index contributed by atoms with van der Waals surface area (Å²) in [7, 11) is 0. The minimum atomic E-state index is -0.190. The third kappa shape index (κ3) is 4.57. The zero-order chi connectivity index (χ0) is 13.7. The van der Waals surface area contributed by atoms with Crippen molar-refractivity contribution >= 4 is 15.9 Å². The lowest BCUT2D eigenvalue weighted by Gasteiger charge is -2.23. The Morgan fingerprint density at radius 2 is 2.05 bits per heavy atom. The fourth-order valence-electron chi connectivity index (χ4n) is 2.94. The van der Waals surface area contributed by atoms with Crippen molar-refractivity contribution in [2.45, 2.75) is 51.5 Å². The highest BCUT2D eigenvalue weighted by atomic mass is 79.9. The van der Waals surface area contributed by atoms with Gasteiger partial charge in [0.2, 0.25) is 0 Å². The molecule has 0 radical (unpaired) electrons. The number of hydrogen-bond donors (Lipinski definition) is 1. The predicted molar refractivity (Wildman–Crippen MR) is 81.7 cm³/mol. The fraction of sp³-hybridized carbons (Fsp3) is 0.625. The van der Waals surface area contributed by atoms with E-state index in [1.165, 1.54) is 50.7 Å². The van der Waals surface area contributed by atoms with Crippen LogP contribution in [0.2, 0.25) is 0 Å². The van der Waals surface area contributed by atoms with Crippen LogP contribution in [0.3, 0.4) is 0 Å². The van der Waals surface area contributed by atoms with Gasteiger partial charge in [0.25, 0.3) is 0 Å². The SMILES string of the molecule is CC(NCCC1CCCCC1)c1ccc(F)cc1Br. The van der Waals surface area contributed by atoms with Crippen LogP contribution in [0.15, 0.2) is 22.7 Å². The Hall–Kier alpha value is -0.410. The number of halogens is 2. The van der Waals surface area contributed by atoms with Gasteiger partial charge in [0.1, 0.15) is 5.82 Å². The summed E-state index contributed by atoms with van der Waals surface area (Å²) in [6.07, 6.45) is 8.30. The lowest BCUT2D eigenvalue weighted by Crippen LogP contribution is -2.23. The van der Waals surface area contributed by atoms with E-state index in [1.807, 2.05) is 6.07 Å². The van der Waals surface area contributed by atoms with E-state index in [0.717, 1.165) is 22.5 Å². The van der Waals surface area contributed by atoms with E-state index >= 15 is 0 Å². The van der Waals surface area contributed by atoms with E-state index in [4.69, 9.17) is 0 Å². The van der Waals surface area contributed by atoms with Crippen LogP contribution in [-0.4, -0.2) is 6.54 Å². The molecule has 3 heteroatoms. The molecule has 1 saturated carbocycles. The quantitative estimate of drug-likeness (QED) is 0.782. The highest BCUT2D eigenvalue weighted by molar-refractivity contribution is 9.10. The van der Waals surface area contributed by atoms with Gasteiger partial charge in [0, 0.05) is 10.5 Å². The molecular formula is C16H23BrFN. The molecule has 1 nitrogen and oxygen atoms in total. The summed E-state index contributed by atoms with van der Waals surface area (Å²) >= 11 is 3.44. The first-order valence-corrected chi connectivity index (χ1v) is 8.14. The van der Waals surface area contributed by atoms with E-state index < -0.39 is 0 Å². The maximum absolute atomic E-state index is 13.1. The molecule has 1 aromatic rings. The van der Waals surface area contributed by atoms with Crippen molar-refractivity contribution in [1.29, 1.82) is 0 Å². The van der Waals surface area contributed by atoms with Gasteiger partial charge in [-0.25, -0.2) is 4.39 Å². The van der Waals surface area contributed by atoms with Gasteiger partial charge >= 0.3 is 0 Å². The second kappa shape index (κ2) is 7.39. The molecule has 1 atom stereocenters. The monoisotopic (exact) mass is 327 g/mol. The van der Waals surface area contributed by atoms with E-state index in [9.17, 15) is 4.39 Å².